The highest BCUT2D eigenvalue weighted by molar-refractivity contribution is 6.99. The summed E-state index contributed by atoms with van der Waals surface area (Å²) in [5, 5.41) is 11.1. The SMILES string of the molecule is CC(C)(C)[Si](OCCCCOCC(=O)O)(c1ccccc1)c1ccccc1. The quantitative estimate of drug-likeness (QED) is 0.502. The van der Waals surface area contributed by atoms with Crippen LogP contribution in [0.2, 0.25) is 5.04 Å². The summed E-state index contributed by atoms with van der Waals surface area (Å²) >= 11 is 0. The summed E-state index contributed by atoms with van der Waals surface area (Å²) in [6.45, 7) is 7.61. The normalized spacial score (nSPS) is 12.1. The number of rotatable bonds is 10. The predicted molar refractivity (Wildman–Crippen MR) is 111 cm³/mol. The molecule has 0 aliphatic rings. The first kappa shape index (κ1) is 21.3. The minimum absolute atomic E-state index is 0.0322. The zero-order chi connectivity index (χ0) is 19.8. The van der Waals surface area contributed by atoms with Crippen LogP contribution < -0.4 is 10.4 Å². The lowest BCUT2D eigenvalue weighted by molar-refractivity contribution is -0.142. The lowest BCUT2D eigenvalue weighted by Crippen LogP contribution is -2.66. The van der Waals surface area contributed by atoms with E-state index in [1.165, 1.54) is 10.4 Å². The van der Waals surface area contributed by atoms with Gasteiger partial charge in [-0.1, -0.05) is 81.4 Å². The van der Waals surface area contributed by atoms with Crippen LogP contribution in [0.1, 0.15) is 33.6 Å². The van der Waals surface area contributed by atoms with Crippen molar-refractivity contribution in [3.63, 3.8) is 0 Å². The van der Waals surface area contributed by atoms with Crippen molar-refractivity contribution in [3.8, 4) is 0 Å². The van der Waals surface area contributed by atoms with Gasteiger partial charge in [-0.2, -0.15) is 0 Å². The van der Waals surface area contributed by atoms with Gasteiger partial charge in [0.2, 0.25) is 0 Å². The van der Waals surface area contributed by atoms with Crippen LogP contribution in [0.25, 0.3) is 0 Å². The van der Waals surface area contributed by atoms with Gasteiger partial charge < -0.3 is 14.3 Å². The van der Waals surface area contributed by atoms with E-state index in [1.54, 1.807) is 0 Å². The standard InChI is InChI=1S/C22H30O4Si/c1-22(2,3)27(19-12-6-4-7-13-19,20-14-8-5-9-15-20)26-17-11-10-16-25-18-21(23)24/h4-9,12-15H,10-11,16-18H2,1-3H3,(H,23,24). The van der Waals surface area contributed by atoms with Crippen LogP contribution in [0.3, 0.4) is 0 Å². The molecule has 4 nitrogen and oxygen atoms in total. The third-order valence-electron chi connectivity index (χ3n) is 4.64. The van der Waals surface area contributed by atoms with Crippen LogP contribution in [0.5, 0.6) is 0 Å². The third-order valence-corrected chi connectivity index (χ3v) is 9.69. The van der Waals surface area contributed by atoms with Crippen molar-refractivity contribution in [2.24, 2.45) is 0 Å². The first-order valence-corrected chi connectivity index (χ1v) is 11.3. The molecule has 0 radical (unpaired) electrons. The molecule has 2 aromatic rings. The molecule has 1 N–H and O–H groups in total. The van der Waals surface area contributed by atoms with Gasteiger partial charge in [0.25, 0.3) is 8.32 Å². The average Bonchev–Trinajstić information content (AvgIpc) is 2.64. The summed E-state index contributed by atoms with van der Waals surface area (Å²) in [4.78, 5) is 10.5. The fourth-order valence-corrected chi connectivity index (χ4v) is 8.06. The number of unbranched alkanes of at least 4 members (excludes halogenated alkanes) is 1. The van der Waals surface area contributed by atoms with Crippen LogP contribution in [-0.4, -0.2) is 39.2 Å². The summed E-state index contributed by atoms with van der Waals surface area (Å²) in [5.74, 6) is -0.932. The maximum Gasteiger partial charge on any atom is 0.329 e. The largest absolute Gasteiger partial charge is 0.480 e. The fourth-order valence-electron chi connectivity index (χ4n) is 3.45. The molecule has 0 heterocycles. The molecule has 146 valence electrons. The minimum Gasteiger partial charge on any atom is -0.480 e. The van der Waals surface area contributed by atoms with E-state index in [4.69, 9.17) is 14.3 Å². The molecule has 2 aromatic carbocycles. The van der Waals surface area contributed by atoms with Crippen molar-refractivity contribution >= 4 is 24.7 Å². The van der Waals surface area contributed by atoms with Gasteiger partial charge in [-0.25, -0.2) is 4.79 Å². The van der Waals surface area contributed by atoms with E-state index in [9.17, 15) is 4.79 Å². The Bertz CT molecular complexity index is 656. The molecule has 0 aliphatic heterocycles. The lowest BCUT2D eigenvalue weighted by Gasteiger charge is -2.43. The van der Waals surface area contributed by atoms with E-state index >= 15 is 0 Å². The Balaban J connectivity index is 2.19. The van der Waals surface area contributed by atoms with Gasteiger partial charge >= 0.3 is 5.97 Å². The molecule has 0 saturated heterocycles. The van der Waals surface area contributed by atoms with Crippen molar-refractivity contribution in [2.75, 3.05) is 19.8 Å². The van der Waals surface area contributed by atoms with Gasteiger partial charge in [-0.05, 0) is 28.3 Å². The molecule has 0 saturated carbocycles. The van der Waals surface area contributed by atoms with Crippen LogP contribution >= 0.6 is 0 Å². The second kappa shape index (κ2) is 9.83. The first-order valence-electron chi connectivity index (χ1n) is 9.42. The summed E-state index contributed by atoms with van der Waals surface area (Å²) in [7, 11) is -2.47. The Morgan fingerprint density at radius 3 is 1.81 bits per heavy atom. The maximum absolute atomic E-state index is 10.5. The molecule has 0 spiro atoms. The van der Waals surface area contributed by atoms with Gasteiger partial charge in [-0.15, -0.1) is 0 Å². The van der Waals surface area contributed by atoms with E-state index in [0.29, 0.717) is 13.2 Å². The molecule has 27 heavy (non-hydrogen) atoms. The van der Waals surface area contributed by atoms with Crippen LogP contribution in [0.4, 0.5) is 0 Å². The highest BCUT2D eigenvalue weighted by Gasteiger charge is 2.49. The zero-order valence-corrected chi connectivity index (χ0v) is 17.5. The number of benzene rings is 2. The number of ether oxygens (including phenoxy) is 1. The molecule has 0 amide bonds. The lowest BCUT2D eigenvalue weighted by atomic mass is 10.2. The topological polar surface area (TPSA) is 55.8 Å². The van der Waals surface area contributed by atoms with Crippen molar-refractivity contribution in [2.45, 2.75) is 38.7 Å². The number of carboxylic acids is 1. The highest BCUT2D eigenvalue weighted by atomic mass is 28.4. The van der Waals surface area contributed by atoms with Crippen LogP contribution in [0.15, 0.2) is 60.7 Å². The first-order chi connectivity index (χ1) is 12.9. The van der Waals surface area contributed by atoms with Crippen LogP contribution in [0, 0.1) is 0 Å². The monoisotopic (exact) mass is 386 g/mol. The van der Waals surface area contributed by atoms with Gasteiger partial charge in [-0.3, -0.25) is 0 Å². The number of hydrogen-bond acceptors (Lipinski definition) is 3. The minimum atomic E-state index is -2.47. The van der Waals surface area contributed by atoms with Gasteiger partial charge in [0.15, 0.2) is 0 Å². The molecule has 5 heteroatoms. The van der Waals surface area contributed by atoms with Gasteiger partial charge in [0, 0.05) is 13.2 Å². The molecule has 0 aliphatic carbocycles. The Morgan fingerprint density at radius 2 is 1.37 bits per heavy atom. The maximum atomic E-state index is 10.5. The Labute approximate surface area is 163 Å². The molecule has 0 aromatic heterocycles. The number of carboxylic acid groups (broad SMARTS) is 1. The molecule has 0 bridgehead atoms. The van der Waals surface area contributed by atoms with Gasteiger partial charge in [0.05, 0.1) is 0 Å². The summed E-state index contributed by atoms with van der Waals surface area (Å²) in [5.41, 5.74) is 0. The number of hydrogen-bond donors (Lipinski definition) is 1. The number of aliphatic carboxylic acids is 1. The summed E-state index contributed by atoms with van der Waals surface area (Å²) < 4.78 is 11.9. The summed E-state index contributed by atoms with van der Waals surface area (Å²) in [6, 6.07) is 21.1. The van der Waals surface area contributed by atoms with E-state index < -0.39 is 14.3 Å². The highest BCUT2D eigenvalue weighted by Crippen LogP contribution is 2.36. The predicted octanol–water partition coefficient (Wildman–Crippen LogP) is 3.44. The second-order valence-electron chi connectivity index (χ2n) is 7.67. The average molecular weight is 387 g/mol. The van der Waals surface area contributed by atoms with Gasteiger partial charge in [0.1, 0.15) is 6.61 Å². The van der Waals surface area contributed by atoms with Crippen molar-refractivity contribution in [3.05, 3.63) is 60.7 Å². The van der Waals surface area contributed by atoms with E-state index in [0.717, 1.165) is 12.8 Å². The third kappa shape index (κ3) is 5.51. The Morgan fingerprint density at radius 1 is 0.889 bits per heavy atom. The molecular weight excluding hydrogens is 356 g/mol. The Hall–Kier alpha value is -1.95. The number of carbonyl (C=O) groups is 1. The summed E-state index contributed by atoms with van der Waals surface area (Å²) in [6.07, 6.45) is 1.62. The molecule has 0 atom stereocenters. The van der Waals surface area contributed by atoms with E-state index in [-0.39, 0.29) is 11.6 Å². The smallest absolute Gasteiger partial charge is 0.329 e. The van der Waals surface area contributed by atoms with Crippen molar-refractivity contribution < 1.29 is 19.1 Å². The molecule has 2 rings (SSSR count). The molecule has 0 fully saturated rings. The van der Waals surface area contributed by atoms with E-state index in [1.807, 2.05) is 12.1 Å². The Kier molecular flexibility index (Phi) is 7.77. The molecule has 0 unspecified atom stereocenters. The second-order valence-corrected chi connectivity index (χ2v) is 12.0. The van der Waals surface area contributed by atoms with Crippen molar-refractivity contribution in [1.82, 2.24) is 0 Å². The molecular formula is C22H30O4Si. The van der Waals surface area contributed by atoms with Crippen molar-refractivity contribution in [1.29, 1.82) is 0 Å². The zero-order valence-electron chi connectivity index (χ0n) is 16.5. The fraction of sp³-hybridized carbons (Fsp3) is 0.409. The van der Waals surface area contributed by atoms with E-state index in [2.05, 4.69) is 69.3 Å². The van der Waals surface area contributed by atoms with Crippen LogP contribution in [-0.2, 0) is 14.0 Å².